The summed E-state index contributed by atoms with van der Waals surface area (Å²) in [6.07, 6.45) is 0. The van der Waals surface area contributed by atoms with Crippen molar-refractivity contribution in [2.45, 2.75) is 6.92 Å². The fourth-order valence-electron chi connectivity index (χ4n) is 3.89. The second-order valence-corrected chi connectivity index (χ2v) is 7.94. The molecule has 0 radical (unpaired) electrons. The quantitative estimate of drug-likeness (QED) is 0.420. The van der Waals surface area contributed by atoms with E-state index in [0.29, 0.717) is 22.5 Å². The van der Waals surface area contributed by atoms with Gasteiger partial charge in [-0.05, 0) is 60.5 Å². The maximum Gasteiger partial charge on any atom is 0.266 e. The lowest BCUT2D eigenvalue weighted by Crippen LogP contribution is -2.29. The Morgan fingerprint density at radius 2 is 1.33 bits per heavy atom. The van der Waals surface area contributed by atoms with Gasteiger partial charge in [-0.1, -0.05) is 60.2 Å². The Kier molecular flexibility index (Phi) is 5.07. The molecular formula is C28H20N2O3. The molecule has 5 rings (SSSR count). The van der Waals surface area contributed by atoms with Crippen LogP contribution >= 0.6 is 0 Å². The van der Waals surface area contributed by atoms with E-state index in [0.717, 1.165) is 21.6 Å². The summed E-state index contributed by atoms with van der Waals surface area (Å²) < 4.78 is 0. The van der Waals surface area contributed by atoms with Crippen LogP contribution in [0.3, 0.4) is 0 Å². The zero-order valence-electron chi connectivity index (χ0n) is 17.9. The normalized spacial score (nSPS) is 12.6. The first-order chi connectivity index (χ1) is 16.0. The minimum absolute atomic E-state index is 0.229. The van der Waals surface area contributed by atoms with Crippen LogP contribution in [0.5, 0.6) is 0 Å². The zero-order valence-corrected chi connectivity index (χ0v) is 17.9. The van der Waals surface area contributed by atoms with Crippen molar-refractivity contribution >= 4 is 29.1 Å². The fraction of sp³-hybridized carbons (Fsp3) is 0.0357. The molecule has 0 spiro atoms. The van der Waals surface area contributed by atoms with Gasteiger partial charge >= 0.3 is 0 Å². The number of nitrogens with one attached hydrogen (secondary N) is 1. The smallest absolute Gasteiger partial charge is 0.266 e. The van der Waals surface area contributed by atoms with E-state index in [-0.39, 0.29) is 17.4 Å². The van der Waals surface area contributed by atoms with Gasteiger partial charge in [0.25, 0.3) is 17.7 Å². The van der Waals surface area contributed by atoms with Gasteiger partial charge in [-0.3, -0.25) is 14.4 Å². The first kappa shape index (κ1) is 20.4. The van der Waals surface area contributed by atoms with E-state index in [1.165, 1.54) is 12.1 Å². The number of rotatable bonds is 4. The summed E-state index contributed by atoms with van der Waals surface area (Å²) in [7, 11) is 0. The number of nitrogens with zero attached hydrogens (tertiary/aromatic N) is 1. The molecule has 4 aromatic rings. The van der Waals surface area contributed by atoms with Crippen LogP contribution < -0.4 is 10.2 Å². The monoisotopic (exact) mass is 432 g/mol. The molecule has 5 heteroatoms. The van der Waals surface area contributed by atoms with Gasteiger partial charge < -0.3 is 5.32 Å². The van der Waals surface area contributed by atoms with Crippen LogP contribution in [0.4, 0.5) is 11.4 Å². The highest BCUT2D eigenvalue weighted by Crippen LogP contribution is 2.29. The second kappa shape index (κ2) is 8.20. The molecule has 4 aromatic carbocycles. The predicted octanol–water partition coefficient (Wildman–Crippen LogP) is 5.71. The number of hydrogen-bond acceptors (Lipinski definition) is 3. The van der Waals surface area contributed by atoms with Crippen LogP contribution in [0.15, 0.2) is 97.1 Å². The van der Waals surface area contributed by atoms with E-state index in [4.69, 9.17) is 0 Å². The number of carbonyl (C=O) groups is 3. The van der Waals surface area contributed by atoms with E-state index in [9.17, 15) is 14.4 Å². The van der Waals surface area contributed by atoms with Crippen molar-refractivity contribution in [1.29, 1.82) is 0 Å². The first-order valence-corrected chi connectivity index (χ1v) is 10.6. The lowest BCUT2D eigenvalue weighted by atomic mass is 10.0. The molecule has 3 amide bonds. The molecule has 160 valence electrons. The Morgan fingerprint density at radius 1 is 0.697 bits per heavy atom. The van der Waals surface area contributed by atoms with Gasteiger partial charge in [-0.2, -0.15) is 0 Å². The molecule has 0 saturated carbocycles. The molecule has 1 aliphatic heterocycles. The summed E-state index contributed by atoms with van der Waals surface area (Å²) in [6, 6.07) is 29.3. The highest BCUT2D eigenvalue weighted by Gasteiger charge is 2.37. The molecular weight excluding hydrogens is 412 g/mol. The Morgan fingerprint density at radius 3 is 2.03 bits per heavy atom. The van der Waals surface area contributed by atoms with Crippen molar-refractivity contribution in [3.8, 4) is 11.1 Å². The van der Waals surface area contributed by atoms with Crippen molar-refractivity contribution in [2.75, 3.05) is 10.2 Å². The zero-order chi connectivity index (χ0) is 22.9. The first-order valence-electron chi connectivity index (χ1n) is 10.6. The van der Waals surface area contributed by atoms with Crippen LogP contribution in [0.25, 0.3) is 11.1 Å². The standard InChI is InChI=1S/C28H20N2O3/c1-18-7-14-23(15-8-18)30-27(32)24-16-11-21(17-25(24)28(30)33)26(31)29-22-12-9-20(10-13-22)19-5-3-2-4-6-19/h2-17H,1H3,(H,29,31). The highest BCUT2D eigenvalue weighted by molar-refractivity contribution is 6.34. The van der Waals surface area contributed by atoms with Crippen molar-refractivity contribution < 1.29 is 14.4 Å². The number of hydrogen-bond donors (Lipinski definition) is 1. The molecule has 5 nitrogen and oxygen atoms in total. The lowest BCUT2D eigenvalue weighted by molar-refractivity contribution is 0.0925. The maximum absolute atomic E-state index is 13.0. The number of carbonyl (C=O) groups excluding carboxylic acids is 3. The van der Waals surface area contributed by atoms with Crippen LogP contribution in [-0.4, -0.2) is 17.7 Å². The van der Waals surface area contributed by atoms with Gasteiger partial charge in [0.05, 0.1) is 16.8 Å². The summed E-state index contributed by atoms with van der Waals surface area (Å²) in [5, 5.41) is 2.85. The molecule has 0 saturated heterocycles. The SMILES string of the molecule is Cc1ccc(N2C(=O)c3ccc(C(=O)Nc4ccc(-c5ccccc5)cc4)cc3C2=O)cc1. The Hall–Kier alpha value is -4.51. The number of benzene rings is 4. The minimum atomic E-state index is -0.430. The lowest BCUT2D eigenvalue weighted by Gasteiger charge is -2.13. The summed E-state index contributed by atoms with van der Waals surface area (Å²) >= 11 is 0. The van der Waals surface area contributed by atoms with Gasteiger partial charge in [0.2, 0.25) is 0 Å². The van der Waals surface area contributed by atoms with Crippen LogP contribution in [0.1, 0.15) is 36.6 Å². The predicted molar refractivity (Wildman–Crippen MR) is 129 cm³/mol. The number of imide groups is 1. The largest absolute Gasteiger partial charge is 0.322 e. The van der Waals surface area contributed by atoms with Gasteiger partial charge in [0, 0.05) is 11.3 Å². The topological polar surface area (TPSA) is 66.5 Å². The molecule has 0 unspecified atom stereocenters. The van der Waals surface area contributed by atoms with Crippen molar-refractivity contribution in [1.82, 2.24) is 0 Å². The average molecular weight is 432 g/mol. The molecule has 0 aliphatic carbocycles. The average Bonchev–Trinajstić information content (AvgIpc) is 3.10. The fourth-order valence-corrected chi connectivity index (χ4v) is 3.89. The summed E-state index contributed by atoms with van der Waals surface area (Å²) in [5.41, 5.74) is 5.16. The second-order valence-electron chi connectivity index (χ2n) is 7.94. The van der Waals surface area contributed by atoms with Crippen molar-refractivity contribution in [2.24, 2.45) is 0 Å². The third-order valence-corrected chi connectivity index (χ3v) is 5.69. The molecule has 33 heavy (non-hydrogen) atoms. The van der Waals surface area contributed by atoms with E-state index in [2.05, 4.69) is 5.32 Å². The molecule has 0 bridgehead atoms. The Bertz CT molecular complexity index is 1380. The number of aryl methyl sites for hydroxylation is 1. The van der Waals surface area contributed by atoms with E-state index in [1.807, 2.05) is 73.7 Å². The molecule has 1 N–H and O–H groups in total. The third-order valence-electron chi connectivity index (χ3n) is 5.69. The van der Waals surface area contributed by atoms with Crippen molar-refractivity contribution in [3.05, 3.63) is 119 Å². The summed E-state index contributed by atoms with van der Waals surface area (Å²) in [4.78, 5) is 39.8. The molecule has 0 aromatic heterocycles. The number of anilines is 2. The molecule has 1 heterocycles. The third kappa shape index (κ3) is 3.81. The van der Waals surface area contributed by atoms with Crippen LogP contribution in [-0.2, 0) is 0 Å². The van der Waals surface area contributed by atoms with Crippen molar-refractivity contribution in [3.63, 3.8) is 0 Å². The Labute approximate surface area is 191 Å². The van der Waals surface area contributed by atoms with Gasteiger partial charge in [-0.25, -0.2) is 4.90 Å². The highest BCUT2D eigenvalue weighted by atomic mass is 16.2. The Balaban J connectivity index is 1.36. The minimum Gasteiger partial charge on any atom is -0.322 e. The molecule has 1 aliphatic rings. The summed E-state index contributed by atoms with van der Waals surface area (Å²) in [6.45, 7) is 1.94. The van der Waals surface area contributed by atoms with Crippen LogP contribution in [0.2, 0.25) is 0 Å². The molecule has 0 atom stereocenters. The maximum atomic E-state index is 13.0. The van der Waals surface area contributed by atoms with Gasteiger partial charge in [-0.15, -0.1) is 0 Å². The van der Waals surface area contributed by atoms with Gasteiger partial charge in [0.1, 0.15) is 0 Å². The van der Waals surface area contributed by atoms with Crippen LogP contribution in [0, 0.1) is 6.92 Å². The van der Waals surface area contributed by atoms with Gasteiger partial charge in [0.15, 0.2) is 0 Å². The van der Waals surface area contributed by atoms with E-state index >= 15 is 0 Å². The number of amides is 3. The molecule has 0 fully saturated rings. The number of fused-ring (bicyclic) bond motifs is 1. The van der Waals surface area contributed by atoms with E-state index < -0.39 is 5.91 Å². The summed E-state index contributed by atoms with van der Waals surface area (Å²) in [5.74, 6) is -1.16. The van der Waals surface area contributed by atoms with E-state index in [1.54, 1.807) is 18.2 Å².